The van der Waals surface area contributed by atoms with Gasteiger partial charge in [-0.1, -0.05) is 0 Å². The predicted molar refractivity (Wildman–Crippen MR) is 78.9 cm³/mol. The Bertz CT molecular complexity index is 393. The first-order valence-corrected chi connectivity index (χ1v) is 6.42. The van der Waals surface area contributed by atoms with Crippen molar-refractivity contribution in [2.75, 3.05) is 13.6 Å². The molecule has 7 heteroatoms. The van der Waals surface area contributed by atoms with Crippen LogP contribution in [-0.2, 0) is 10.3 Å². The number of aromatic nitrogens is 1. The number of rotatable bonds is 4. The Labute approximate surface area is 124 Å². The van der Waals surface area contributed by atoms with Crippen molar-refractivity contribution < 1.29 is 4.79 Å². The molecule has 0 spiro atoms. The zero-order valence-electron chi connectivity index (χ0n) is 10.5. The summed E-state index contributed by atoms with van der Waals surface area (Å²) < 4.78 is 0. The van der Waals surface area contributed by atoms with Gasteiger partial charge >= 0.3 is 0 Å². The third-order valence-electron chi connectivity index (χ3n) is 2.95. The first-order chi connectivity index (χ1) is 7.66. The van der Waals surface area contributed by atoms with Crippen LogP contribution < -0.4 is 10.6 Å². The highest BCUT2D eigenvalue weighted by Gasteiger charge is 2.42. The summed E-state index contributed by atoms with van der Waals surface area (Å²) in [5, 5.41) is 9.07. The van der Waals surface area contributed by atoms with E-state index in [-0.39, 0.29) is 36.3 Å². The maximum absolute atomic E-state index is 11.6. The Balaban J connectivity index is 0.00000144. The Hall–Kier alpha value is -0.360. The molecule has 1 aromatic rings. The van der Waals surface area contributed by atoms with Gasteiger partial charge in [0.2, 0.25) is 5.91 Å². The van der Waals surface area contributed by atoms with Gasteiger partial charge in [0.1, 0.15) is 5.01 Å². The molecule has 4 nitrogen and oxygen atoms in total. The minimum atomic E-state index is -0.174. The lowest BCUT2D eigenvalue weighted by molar-refractivity contribution is -0.123. The van der Waals surface area contributed by atoms with E-state index in [0.29, 0.717) is 6.54 Å². The summed E-state index contributed by atoms with van der Waals surface area (Å²) in [6.45, 7) is 2.36. The van der Waals surface area contributed by atoms with Gasteiger partial charge in [0, 0.05) is 11.1 Å². The quantitative estimate of drug-likeness (QED) is 0.894. The van der Waals surface area contributed by atoms with Gasteiger partial charge in [0.15, 0.2) is 0 Å². The monoisotopic (exact) mass is 311 g/mol. The number of halogens is 2. The molecule has 18 heavy (non-hydrogen) atoms. The van der Waals surface area contributed by atoms with E-state index in [0.717, 1.165) is 23.5 Å². The van der Waals surface area contributed by atoms with Crippen LogP contribution in [0.3, 0.4) is 0 Å². The Morgan fingerprint density at radius 3 is 2.56 bits per heavy atom. The fraction of sp³-hybridized carbons (Fsp3) is 0.636. The number of nitrogens with zero attached hydrogens (tertiary/aromatic N) is 1. The standard InChI is InChI=1S/C11H17N3OS.2ClH/c1-8-7-16-10(13-8)11(4-3-5-11)14-9(15)6-12-2;;/h7,12H,3-6H2,1-2H3,(H,14,15);2*1H. The molecule has 1 aliphatic carbocycles. The molecule has 2 N–H and O–H groups in total. The van der Waals surface area contributed by atoms with Crippen LogP contribution >= 0.6 is 36.2 Å². The van der Waals surface area contributed by atoms with Crippen LogP contribution in [-0.4, -0.2) is 24.5 Å². The topological polar surface area (TPSA) is 54.0 Å². The molecule has 0 aromatic carbocycles. The molecule has 1 fully saturated rings. The van der Waals surface area contributed by atoms with Gasteiger partial charge in [-0.15, -0.1) is 36.2 Å². The Morgan fingerprint density at radius 2 is 2.17 bits per heavy atom. The second-order valence-corrected chi connectivity index (χ2v) is 5.17. The molecule has 0 bridgehead atoms. The highest BCUT2D eigenvalue weighted by molar-refractivity contribution is 7.09. The van der Waals surface area contributed by atoms with E-state index >= 15 is 0 Å². The lowest BCUT2D eigenvalue weighted by Gasteiger charge is -2.40. The van der Waals surface area contributed by atoms with Crippen LogP contribution in [0.4, 0.5) is 0 Å². The first kappa shape index (κ1) is 17.6. The maximum Gasteiger partial charge on any atom is 0.234 e. The zero-order valence-corrected chi connectivity index (χ0v) is 12.9. The van der Waals surface area contributed by atoms with Crippen LogP contribution in [0, 0.1) is 6.92 Å². The van der Waals surface area contributed by atoms with E-state index in [9.17, 15) is 4.79 Å². The van der Waals surface area contributed by atoms with Gasteiger partial charge in [-0.25, -0.2) is 4.98 Å². The summed E-state index contributed by atoms with van der Waals surface area (Å²) in [6.07, 6.45) is 3.18. The smallest absolute Gasteiger partial charge is 0.234 e. The fourth-order valence-corrected chi connectivity index (χ4v) is 2.98. The van der Waals surface area contributed by atoms with Crippen LogP contribution in [0.5, 0.6) is 0 Å². The molecular formula is C11H19Cl2N3OS. The molecule has 1 aromatic heterocycles. The Kier molecular flexibility index (Phi) is 7.14. The molecule has 104 valence electrons. The lowest BCUT2D eigenvalue weighted by Crippen LogP contribution is -2.52. The van der Waals surface area contributed by atoms with E-state index in [1.807, 2.05) is 12.3 Å². The third kappa shape index (κ3) is 3.57. The van der Waals surface area contributed by atoms with Crippen molar-refractivity contribution in [1.29, 1.82) is 0 Å². The molecular weight excluding hydrogens is 293 g/mol. The van der Waals surface area contributed by atoms with Gasteiger partial charge < -0.3 is 10.6 Å². The molecule has 2 rings (SSSR count). The van der Waals surface area contributed by atoms with Crippen LogP contribution in [0.25, 0.3) is 0 Å². The molecule has 1 heterocycles. The minimum Gasteiger partial charge on any atom is -0.343 e. The molecule has 1 aliphatic rings. The number of carbonyl (C=O) groups is 1. The Morgan fingerprint density at radius 1 is 1.50 bits per heavy atom. The molecule has 1 saturated carbocycles. The predicted octanol–water partition coefficient (Wildman–Crippen LogP) is 2.01. The lowest BCUT2D eigenvalue weighted by atomic mass is 9.77. The van der Waals surface area contributed by atoms with Crippen molar-refractivity contribution in [3.8, 4) is 0 Å². The second-order valence-electron chi connectivity index (χ2n) is 4.31. The van der Waals surface area contributed by atoms with E-state index in [1.165, 1.54) is 6.42 Å². The van der Waals surface area contributed by atoms with Crippen molar-refractivity contribution in [1.82, 2.24) is 15.6 Å². The molecule has 0 saturated heterocycles. The maximum atomic E-state index is 11.6. The van der Waals surface area contributed by atoms with E-state index in [2.05, 4.69) is 15.6 Å². The summed E-state index contributed by atoms with van der Waals surface area (Å²) in [5.41, 5.74) is 0.862. The normalized spacial score (nSPS) is 15.9. The summed E-state index contributed by atoms with van der Waals surface area (Å²) in [7, 11) is 1.78. The van der Waals surface area contributed by atoms with Crippen LogP contribution in [0.1, 0.15) is 30.0 Å². The largest absolute Gasteiger partial charge is 0.343 e. The average Bonchev–Trinajstić information content (AvgIpc) is 2.59. The third-order valence-corrected chi connectivity index (χ3v) is 4.12. The highest BCUT2D eigenvalue weighted by atomic mass is 35.5. The molecule has 0 radical (unpaired) electrons. The van der Waals surface area contributed by atoms with Crippen LogP contribution in [0.2, 0.25) is 0 Å². The molecule has 0 atom stereocenters. The zero-order chi connectivity index (χ0) is 11.6. The summed E-state index contributed by atoms with van der Waals surface area (Å²) in [6, 6.07) is 0. The molecule has 0 unspecified atom stereocenters. The number of likely N-dealkylation sites (N-methyl/N-ethyl adjacent to an activating group) is 1. The van der Waals surface area contributed by atoms with Crippen molar-refractivity contribution >= 4 is 42.1 Å². The van der Waals surface area contributed by atoms with Crippen molar-refractivity contribution in [2.45, 2.75) is 31.7 Å². The number of aryl methyl sites for hydroxylation is 1. The number of hydrogen-bond donors (Lipinski definition) is 2. The van der Waals surface area contributed by atoms with Crippen molar-refractivity contribution in [2.24, 2.45) is 0 Å². The van der Waals surface area contributed by atoms with Gasteiger partial charge in [-0.05, 0) is 33.2 Å². The average molecular weight is 312 g/mol. The van der Waals surface area contributed by atoms with E-state index < -0.39 is 0 Å². The summed E-state index contributed by atoms with van der Waals surface area (Å²) in [4.78, 5) is 16.1. The number of amides is 1. The first-order valence-electron chi connectivity index (χ1n) is 5.54. The van der Waals surface area contributed by atoms with Gasteiger partial charge in [-0.2, -0.15) is 0 Å². The summed E-state index contributed by atoms with van der Waals surface area (Å²) >= 11 is 1.65. The van der Waals surface area contributed by atoms with Gasteiger partial charge in [0.05, 0.1) is 12.1 Å². The van der Waals surface area contributed by atoms with Gasteiger partial charge in [0.25, 0.3) is 0 Å². The van der Waals surface area contributed by atoms with Crippen molar-refractivity contribution in [3.63, 3.8) is 0 Å². The fourth-order valence-electron chi connectivity index (χ4n) is 1.97. The minimum absolute atomic E-state index is 0. The second kappa shape index (κ2) is 7.28. The summed E-state index contributed by atoms with van der Waals surface area (Å²) in [5.74, 6) is 0.0510. The number of thiazole rings is 1. The van der Waals surface area contributed by atoms with E-state index in [4.69, 9.17) is 0 Å². The van der Waals surface area contributed by atoms with Crippen molar-refractivity contribution in [3.05, 3.63) is 16.1 Å². The molecule has 0 aliphatic heterocycles. The number of carbonyl (C=O) groups excluding carboxylic acids is 1. The molecule has 1 amide bonds. The number of hydrogen-bond acceptors (Lipinski definition) is 4. The highest BCUT2D eigenvalue weighted by Crippen LogP contribution is 2.42. The SMILES string of the molecule is CNCC(=O)NC1(c2nc(C)cs2)CCC1.Cl.Cl. The number of nitrogens with one attached hydrogen (secondary N) is 2. The van der Waals surface area contributed by atoms with E-state index in [1.54, 1.807) is 18.4 Å². The van der Waals surface area contributed by atoms with Gasteiger partial charge in [-0.3, -0.25) is 4.79 Å². The van der Waals surface area contributed by atoms with Crippen LogP contribution in [0.15, 0.2) is 5.38 Å².